The second kappa shape index (κ2) is 17.0. The molecule has 0 fully saturated rings. The summed E-state index contributed by atoms with van der Waals surface area (Å²) in [5, 5.41) is 13.6. The number of alkyl carbamates (subject to hydrolysis) is 1. The molecule has 3 aromatic carbocycles. The Kier molecular flexibility index (Phi) is 13.1. The molecule has 2 amide bonds. The van der Waals surface area contributed by atoms with Gasteiger partial charge in [-0.05, 0) is 22.6 Å². The molecule has 4 aromatic rings. The summed E-state index contributed by atoms with van der Waals surface area (Å²) in [6.45, 7) is 14.4. The number of rotatable bonds is 12. The van der Waals surface area contributed by atoms with Crippen molar-refractivity contribution in [3.8, 4) is 11.3 Å². The molecule has 2 unspecified atom stereocenters. The van der Waals surface area contributed by atoms with Crippen molar-refractivity contribution in [2.45, 2.75) is 59.9 Å². The molecular formula is C37H46N4O4. The Labute approximate surface area is 267 Å². The number of ether oxygens (including phenoxy) is 1. The van der Waals surface area contributed by atoms with Crippen molar-refractivity contribution >= 4 is 12.0 Å². The van der Waals surface area contributed by atoms with Crippen LogP contribution in [0.25, 0.3) is 11.3 Å². The summed E-state index contributed by atoms with van der Waals surface area (Å²) >= 11 is 0. The summed E-state index contributed by atoms with van der Waals surface area (Å²) in [7, 11) is 0. The van der Waals surface area contributed by atoms with Gasteiger partial charge in [0.2, 0.25) is 5.91 Å². The number of benzene rings is 3. The molecule has 0 aliphatic rings. The zero-order chi connectivity index (χ0) is 32.8. The molecule has 1 aromatic heterocycles. The van der Waals surface area contributed by atoms with E-state index in [-0.39, 0.29) is 25.6 Å². The minimum atomic E-state index is -1.07. The molecule has 0 aliphatic heterocycles. The van der Waals surface area contributed by atoms with Crippen LogP contribution in [-0.4, -0.2) is 50.8 Å². The van der Waals surface area contributed by atoms with Crippen LogP contribution in [0.3, 0.4) is 0 Å². The first-order valence-electron chi connectivity index (χ1n) is 15.4. The van der Waals surface area contributed by atoms with E-state index >= 15 is 0 Å². The van der Waals surface area contributed by atoms with Crippen molar-refractivity contribution in [2.75, 3.05) is 13.1 Å². The quantitative estimate of drug-likeness (QED) is 0.168. The van der Waals surface area contributed by atoms with Gasteiger partial charge in [0.05, 0.1) is 17.8 Å². The summed E-state index contributed by atoms with van der Waals surface area (Å²) in [6, 6.07) is 28.8. The molecule has 0 radical (unpaired) electrons. The maximum absolute atomic E-state index is 13.4. The summed E-state index contributed by atoms with van der Waals surface area (Å²) < 4.78 is 7.34. The maximum Gasteiger partial charge on any atom is 0.407 e. The number of aromatic nitrogens is 2. The second-order valence-corrected chi connectivity index (χ2v) is 11.5. The molecule has 0 aliphatic carbocycles. The van der Waals surface area contributed by atoms with Gasteiger partial charge in [-0.1, -0.05) is 132 Å². The molecule has 1 heterocycles. The highest BCUT2D eigenvalue weighted by atomic mass is 16.5. The third kappa shape index (κ3) is 10.2. The van der Waals surface area contributed by atoms with Crippen molar-refractivity contribution in [3.05, 3.63) is 127 Å². The van der Waals surface area contributed by atoms with Crippen LogP contribution in [0.2, 0.25) is 0 Å². The first-order valence-corrected chi connectivity index (χ1v) is 15.4. The molecular weight excluding hydrogens is 564 g/mol. The Morgan fingerprint density at radius 2 is 1.51 bits per heavy atom. The Balaban J connectivity index is 0.00000271. The largest absolute Gasteiger partial charge is 0.445 e. The fraction of sp³-hybridized carbons (Fsp3) is 0.324. The SMILES string of the molecule is C=CC(=O)N(CC(O)CNC(=O)OCc1ccccc1)C(c1nc(-c2ccccc2)cn1Cc1ccccc1)C(C)(C)C.CC. The standard InChI is InChI=1S/C35H40N4O4.C2H6/c1-5-31(41)39(23-29(40)21-36-34(42)43-25-27-17-11-7-12-18-27)32(35(2,3)4)33-37-30(28-19-13-8-14-20-28)24-38(33)22-26-15-9-6-10-16-26;1-2/h5-20,24,29,32,40H,1,21-23,25H2,2-4H3,(H,36,42);1-2H3. The molecule has 0 spiro atoms. The number of hydrogen-bond acceptors (Lipinski definition) is 5. The Bertz CT molecular complexity index is 1480. The zero-order valence-corrected chi connectivity index (χ0v) is 27.0. The Hall–Kier alpha value is -4.69. The summed E-state index contributed by atoms with van der Waals surface area (Å²) in [5.74, 6) is 0.342. The number of hydrogen-bond donors (Lipinski definition) is 2. The predicted molar refractivity (Wildman–Crippen MR) is 179 cm³/mol. The Morgan fingerprint density at radius 3 is 2.07 bits per heavy atom. The smallest absolute Gasteiger partial charge is 0.407 e. The number of aliphatic hydroxyl groups is 1. The lowest BCUT2D eigenvalue weighted by atomic mass is 9.84. The maximum atomic E-state index is 13.4. The first kappa shape index (κ1) is 34.8. The third-order valence-corrected chi connectivity index (χ3v) is 7.01. The second-order valence-electron chi connectivity index (χ2n) is 11.5. The van der Waals surface area contributed by atoms with Gasteiger partial charge in [0.1, 0.15) is 12.4 Å². The van der Waals surface area contributed by atoms with Gasteiger partial charge in [-0.3, -0.25) is 4.79 Å². The van der Waals surface area contributed by atoms with Crippen molar-refractivity contribution in [1.29, 1.82) is 0 Å². The fourth-order valence-electron chi connectivity index (χ4n) is 5.00. The number of aliphatic hydroxyl groups excluding tert-OH is 1. The number of carbonyl (C=O) groups is 2. The van der Waals surface area contributed by atoms with Gasteiger partial charge in [0.25, 0.3) is 0 Å². The van der Waals surface area contributed by atoms with E-state index in [1.807, 2.05) is 120 Å². The fourth-order valence-corrected chi connectivity index (χ4v) is 5.00. The number of nitrogens with one attached hydrogen (secondary N) is 1. The van der Waals surface area contributed by atoms with Crippen LogP contribution in [0, 0.1) is 5.41 Å². The van der Waals surface area contributed by atoms with Gasteiger partial charge >= 0.3 is 6.09 Å². The molecule has 4 rings (SSSR count). The van der Waals surface area contributed by atoms with Crippen LogP contribution in [0.15, 0.2) is 110 Å². The zero-order valence-electron chi connectivity index (χ0n) is 27.0. The van der Waals surface area contributed by atoms with Gasteiger partial charge in [-0.25, -0.2) is 9.78 Å². The van der Waals surface area contributed by atoms with E-state index in [1.54, 1.807) is 4.90 Å². The molecule has 0 saturated carbocycles. The van der Waals surface area contributed by atoms with Crippen LogP contribution >= 0.6 is 0 Å². The number of imidazole rings is 1. The molecule has 0 bridgehead atoms. The average Bonchev–Trinajstić information content (AvgIpc) is 3.46. The van der Waals surface area contributed by atoms with E-state index in [2.05, 4.69) is 28.6 Å². The highest BCUT2D eigenvalue weighted by Crippen LogP contribution is 2.39. The van der Waals surface area contributed by atoms with Crippen molar-refractivity contribution in [2.24, 2.45) is 5.41 Å². The molecule has 2 N–H and O–H groups in total. The van der Waals surface area contributed by atoms with Crippen LogP contribution in [-0.2, 0) is 22.7 Å². The minimum Gasteiger partial charge on any atom is -0.445 e. The van der Waals surface area contributed by atoms with Crippen LogP contribution in [0.1, 0.15) is 57.6 Å². The van der Waals surface area contributed by atoms with E-state index in [4.69, 9.17) is 9.72 Å². The summed E-state index contributed by atoms with van der Waals surface area (Å²) in [4.78, 5) is 32.4. The summed E-state index contributed by atoms with van der Waals surface area (Å²) in [6.07, 6.45) is 1.54. The monoisotopic (exact) mass is 610 g/mol. The van der Waals surface area contributed by atoms with Gasteiger partial charge in [-0.2, -0.15) is 0 Å². The summed E-state index contributed by atoms with van der Waals surface area (Å²) in [5.41, 5.74) is 3.22. The highest BCUT2D eigenvalue weighted by molar-refractivity contribution is 5.87. The molecule has 0 saturated heterocycles. The molecule has 8 nitrogen and oxygen atoms in total. The lowest BCUT2D eigenvalue weighted by Gasteiger charge is -2.40. The number of nitrogens with zero attached hydrogens (tertiary/aromatic N) is 3. The van der Waals surface area contributed by atoms with Gasteiger partial charge in [0, 0.05) is 31.4 Å². The molecule has 45 heavy (non-hydrogen) atoms. The lowest BCUT2D eigenvalue weighted by molar-refractivity contribution is -0.133. The van der Waals surface area contributed by atoms with Gasteiger partial charge in [-0.15, -0.1) is 0 Å². The lowest BCUT2D eigenvalue weighted by Crippen LogP contribution is -2.47. The predicted octanol–water partition coefficient (Wildman–Crippen LogP) is 7.01. The first-order chi connectivity index (χ1) is 21.7. The van der Waals surface area contributed by atoms with Crippen molar-refractivity contribution in [3.63, 3.8) is 0 Å². The molecule has 2 atom stereocenters. The number of carbonyl (C=O) groups excluding carboxylic acids is 2. The van der Waals surface area contributed by atoms with Crippen molar-refractivity contribution in [1.82, 2.24) is 19.8 Å². The van der Waals surface area contributed by atoms with E-state index in [0.29, 0.717) is 12.4 Å². The van der Waals surface area contributed by atoms with E-state index in [1.165, 1.54) is 6.08 Å². The molecule has 238 valence electrons. The van der Waals surface area contributed by atoms with E-state index < -0.39 is 23.7 Å². The van der Waals surface area contributed by atoms with Crippen LogP contribution < -0.4 is 5.32 Å². The highest BCUT2D eigenvalue weighted by Gasteiger charge is 2.38. The van der Waals surface area contributed by atoms with Crippen molar-refractivity contribution < 1.29 is 19.4 Å². The van der Waals surface area contributed by atoms with Crippen LogP contribution in [0.5, 0.6) is 0 Å². The van der Waals surface area contributed by atoms with E-state index in [9.17, 15) is 14.7 Å². The minimum absolute atomic E-state index is 0.0510. The third-order valence-electron chi connectivity index (χ3n) is 7.01. The average molecular weight is 611 g/mol. The van der Waals surface area contributed by atoms with Gasteiger partial charge < -0.3 is 24.6 Å². The van der Waals surface area contributed by atoms with E-state index in [0.717, 1.165) is 22.4 Å². The number of amides is 2. The Morgan fingerprint density at radius 1 is 0.956 bits per heavy atom. The van der Waals surface area contributed by atoms with Crippen LogP contribution in [0.4, 0.5) is 4.79 Å². The van der Waals surface area contributed by atoms with Gasteiger partial charge in [0.15, 0.2) is 0 Å². The normalized spacial score (nSPS) is 12.2. The topological polar surface area (TPSA) is 96.7 Å². The molecule has 8 heteroatoms.